The number of hydrogen-bond acceptors (Lipinski definition) is 6. The molecule has 0 aliphatic carbocycles. The lowest BCUT2D eigenvalue weighted by atomic mass is 9.88. The molecule has 0 saturated heterocycles. The van der Waals surface area contributed by atoms with Gasteiger partial charge in [0.2, 0.25) is 0 Å². The van der Waals surface area contributed by atoms with Gasteiger partial charge in [-0.05, 0) is 13.0 Å². The first kappa shape index (κ1) is 18.0. The highest BCUT2D eigenvalue weighted by Gasteiger charge is 2.27. The van der Waals surface area contributed by atoms with E-state index in [2.05, 4.69) is 21.3 Å². The number of rotatable bonds is 2. The zero-order chi connectivity index (χ0) is 19.2. The van der Waals surface area contributed by atoms with Gasteiger partial charge in [0.15, 0.2) is 0 Å². The van der Waals surface area contributed by atoms with E-state index in [-0.39, 0.29) is 16.8 Å². The van der Waals surface area contributed by atoms with Crippen molar-refractivity contribution in [1.82, 2.24) is 19.9 Å². The molecule has 0 radical (unpaired) electrons. The molecule has 0 aliphatic rings. The number of pyridine rings is 1. The zero-order valence-electron chi connectivity index (χ0n) is 15.3. The van der Waals surface area contributed by atoms with Gasteiger partial charge in [-0.1, -0.05) is 37.5 Å². The average Bonchev–Trinajstić information content (AvgIpc) is 3.10. The molecule has 3 aromatic rings. The molecule has 3 heterocycles. The minimum absolute atomic E-state index is 0.164. The normalized spacial score (nSPS) is 11.6. The van der Waals surface area contributed by atoms with Crippen LogP contribution in [0.4, 0.5) is 5.82 Å². The quantitative estimate of drug-likeness (QED) is 0.734. The maximum absolute atomic E-state index is 9.64. The maximum Gasteiger partial charge on any atom is 0.142 e. The predicted molar refractivity (Wildman–Crippen MR) is 99.5 cm³/mol. The van der Waals surface area contributed by atoms with Crippen molar-refractivity contribution >= 4 is 17.4 Å². The van der Waals surface area contributed by atoms with Crippen LogP contribution in [0.25, 0.3) is 22.5 Å². The number of hydrogen-bond donors (Lipinski definition) is 1. The molecule has 0 spiro atoms. The molecule has 7 nitrogen and oxygen atoms in total. The highest BCUT2D eigenvalue weighted by atomic mass is 35.5. The summed E-state index contributed by atoms with van der Waals surface area (Å²) in [6.45, 7) is 7.87. The molecule has 3 aromatic heterocycles. The fourth-order valence-corrected chi connectivity index (χ4v) is 2.89. The molecule has 3 rings (SSSR count). The van der Waals surface area contributed by atoms with Gasteiger partial charge in [-0.15, -0.1) is 0 Å². The summed E-state index contributed by atoms with van der Waals surface area (Å²) < 4.78 is 6.71. The monoisotopic (exact) mass is 370 g/mol. The molecule has 0 atom stereocenters. The Hall–Kier alpha value is -2.85. The number of nitrogen functional groups attached to an aromatic ring is 1. The first-order chi connectivity index (χ1) is 12.1. The van der Waals surface area contributed by atoms with Gasteiger partial charge in [-0.3, -0.25) is 4.68 Å². The average molecular weight is 371 g/mol. The lowest BCUT2D eigenvalue weighted by Gasteiger charge is -2.20. The fourth-order valence-electron chi connectivity index (χ4n) is 2.66. The van der Waals surface area contributed by atoms with Crippen molar-refractivity contribution in [3.8, 4) is 28.6 Å². The van der Waals surface area contributed by atoms with E-state index in [1.165, 1.54) is 4.68 Å². The second kappa shape index (κ2) is 6.15. The van der Waals surface area contributed by atoms with Crippen molar-refractivity contribution in [1.29, 1.82) is 5.26 Å². The van der Waals surface area contributed by atoms with Gasteiger partial charge in [-0.2, -0.15) is 10.4 Å². The zero-order valence-corrected chi connectivity index (χ0v) is 16.0. The summed E-state index contributed by atoms with van der Waals surface area (Å²) in [5.41, 5.74) is 9.07. The first-order valence-corrected chi connectivity index (χ1v) is 8.39. The summed E-state index contributed by atoms with van der Waals surface area (Å²) in [4.78, 5) is 4.40. The molecule has 2 N–H and O–H groups in total. The number of anilines is 1. The second-order valence-electron chi connectivity index (χ2n) is 7.14. The third-order valence-corrected chi connectivity index (χ3v) is 4.48. The highest BCUT2D eigenvalue weighted by Crippen LogP contribution is 2.40. The molecule has 0 amide bonds. The van der Waals surface area contributed by atoms with Crippen molar-refractivity contribution < 1.29 is 4.52 Å². The predicted octanol–water partition coefficient (Wildman–Crippen LogP) is 3.85. The van der Waals surface area contributed by atoms with E-state index < -0.39 is 0 Å². The van der Waals surface area contributed by atoms with E-state index in [9.17, 15) is 5.26 Å². The van der Waals surface area contributed by atoms with Crippen LogP contribution in [0.5, 0.6) is 0 Å². The molecule has 8 heteroatoms. The molecule has 0 bridgehead atoms. The van der Waals surface area contributed by atoms with Crippen LogP contribution in [0.3, 0.4) is 0 Å². The highest BCUT2D eigenvalue weighted by molar-refractivity contribution is 6.33. The van der Waals surface area contributed by atoms with Crippen LogP contribution in [0.2, 0.25) is 5.15 Å². The Morgan fingerprint density at radius 1 is 1.31 bits per heavy atom. The van der Waals surface area contributed by atoms with Gasteiger partial charge in [0.05, 0.1) is 5.56 Å². The summed E-state index contributed by atoms with van der Waals surface area (Å²) in [6.07, 6.45) is 0. The summed E-state index contributed by atoms with van der Waals surface area (Å²) in [6, 6.07) is 5.74. The molecule has 26 heavy (non-hydrogen) atoms. The van der Waals surface area contributed by atoms with E-state index in [0.717, 1.165) is 5.69 Å². The van der Waals surface area contributed by atoms with Gasteiger partial charge >= 0.3 is 0 Å². The molecule has 0 aromatic carbocycles. The summed E-state index contributed by atoms with van der Waals surface area (Å²) in [5.74, 6) is 0.815. The smallest absolute Gasteiger partial charge is 0.142 e. The van der Waals surface area contributed by atoms with Crippen molar-refractivity contribution in [3.63, 3.8) is 0 Å². The van der Waals surface area contributed by atoms with E-state index in [0.29, 0.717) is 33.4 Å². The van der Waals surface area contributed by atoms with Crippen LogP contribution in [0, 0.1) is 18.3 Å². The minimum Gasteiger partial charge on any atom is -0.383 e. The molecular formula is C18H19ClN6O. The number of aryl methyl sites for hydroxylation is 2. The SMILES string of the molecule is Cc1cc(-c2nn(C)c(Cl)c2-c2cc(C(C)(C)C)nc(N)c2C#N)no1. The Morgan fingerprint density at radius 2 is 2.00 bits per heavy atom. The standard InChI is InChI=1S/C18H19ClN6O/c1-9-6-12(24-26-9)15-14(16(19)25(5)23-15)10-7-13(18(2,3)4)22-17(21)11(10)8-20/h6-7H,1-5H3,(H2,21,22). The Balaban J connectivity index is 2.37. The Kier molecular flexibility index (Phi) is 4.24. The van der Waals surface area contributed by atoms with Gasteiger partial charge in [-0.25, -0.2) is 4.98 Å². The van der Waals surface area contributed by atoms with Crippen molar-refractivity contribution in [2.24, 2.45) is 7.05 Å². The number of nitriles is 1. The third kappa shape index (κ3) is 2.93. The molecule has 0 unspecified atom stereocenters. The third-order valence-electron chi connectivity index (χ3n) is 4.04. The van der Waals surface area contributed by atoms with Crippen LogP contribution in [0.15, 0.2) is 16.7 Å². The minimum atomic E-state index is -0.254. The maximum atomic E-state index is 9.64. The molecule has 0 saturated carbocycles. The lowest BCUT2D eigenvalue weighted by molar-refractivity contribution is 0.399. The van der Waals surface area contributed by atoms with E-state index in [1.807, 2.05) is 26.8 Å². The Morgan fingerprint density at radius 3 is 2.54 bits per heavy atom. The number of halogens is 1. The van der Waals surface area contributed by atoms with Gasteiger partial charge < -0.3 is 10.3 Å². The van der Waals surface area contributed by atoms with Gasteiger partial charge in [0.25, 0.3) is 0 Å². The largest absolute Gasteiger partial charge is 0.383 e. The van der Waals surface area contributed by atoms with Crippen LogP contribution in [-0.2, 0) is 12.5 Å². The van der Waals surface area contributed by atoms with E-state index in [4.69, 9.17) is 21.9 Å². The topological polar surface area (TPSA) is 107 Å². The van der Waals surface area contributed by atoms with Crippen LogP contribution in [-0.4, -0.2) is 19.9 Å². The van der Waals surface area contributed by atoms with Crippen molar-refractivity contribution in [2.45, 2.75) is 33.1 Å². The molecule has 0 aliphatic heterocycles. The van der Waals surface area contributed by atoms with Crippen LogP contribution < -0.4 is 5.73 Å². The fraction of sp³-hybridized carbons (Fsp3) is 0.333. The summed E-state index contributed by atoms with van der Waals surface area (Å²) in [5, 5.41) is 18.5. The summed E-state index contributed by atoms with van der Waals surface area (Å²) >= 11 is 6.52. The number of nitrogens with zero attached hydrogens (tertiary/aromatic N) is 5. The van der Waals surface area contributed by atoms with Crippen LogP contribution >= 0.6 is 11.6 Å². The Bertz CT molecular complexity index is 1040. The van der Waals surface area contributed by atoms with Crippen molar-refractivity contribution in [3.05, 3.63) is 34.3 Å². The molecule has 134 valence electrons. The lowest BCUT2D eigenvalue weighted by Crippen LogP contribution is -2.15. The van der Waals surface area contributed by atoms with E-state index >= 15 is 0 Å². The summed E-state index contributed by atoms with van der Waals surface area (Å²) in [7, 11) is 1.73. The number of aromatic nitrogens is 4. The second-order valence-corrected chi connectivity index (χ2v) is 7.50. The number of nitrogens with two attached hydrogens (primary N) is 1. The van der Waals surface area contributed by atoms with Crippen molar-refractivity contribution in [2.75, 3.05) is 5.73 Å². The molecular weight excluding hydrogens is 352 g/mol. The Labute approximate surface area is 156 Å². The van der Waals surface area contributed by atoms with Crippen LogP contribution in [0.1, 0.15) is 37.8 Å². The van der Waals surface area contributed by atoms with Gasteiger partial charge in [0, 0.05) is 29.8 Å². The first-order valence-electron chi connectivity index (χ1n) is 8.01. The molecule has 0 fully saturated rings. The van der Waals surface area contributed by atoms with E-state index in [1.54, 1.807) is 20.0 Å². The van der Waals surface area contributed by atoms with Gasteiger partial charge in [0.1, 0.15) is 39.8 Å².